The first kappa shape index (κ1) is 13.8. The van der Waals surface area contributed by atoms with Crippen molar-refractivity contribution in [2.75, 3.05) is 6.16 Å². The van der Waals surface area contributed by atoms with Gasteiger partial charge in [0.1, 0.15) is 0 Å². The second kappa shape index (κ2) is 5.46. The number of hydrogen-bond donors (Lipinski definition) is 0. The summed E-state index contributed by atoms with van der Waals surface area (Å²) in [5, 5.41) is 5.91. The van der Waals surface area contributed by atoms with Crippen molar-refractivity contribution in [2.24, 2.45) is 5.92 Å². The maximum Gasteiger partial charge on any atom is -0.00776 e. The molecule has 1 heteroatoms. The molecule has 0 N–H and O–H groups in total. The van der Waals surface area contributed by atoms with E-state index in [1.165, 1.54) is 52.5 Å². The van der Waals surface area contributed by atoms with Crippen LogP contribution < -0.4 is 20.9 Å². The minimum atomic E-state index is 0.714. The standard InChI is InChI=1S/C22H21P/c1-3-7-19-15(5-1)9-11-17-13-23-14-18-12-10-16-6-2-4-8-20(16)22(18)21(17)19/h1,3,5-10,12,17,23H,2,4,11,13-14H2. The van der Waals surface area contributed by atoms with E-state index in [1.54, 1.807) is 16.7 Å². The first-order valence-corrected chi connectivity index (χ1v) is 10.2. The highest BCUT2D eigenvalue weighted by Crippen LogP contribution is 2.37. The Morgan fingerprint density at radius 2 is 1.78 bits per heavy atom. The summed E-state index contributed by atoms with van der Waals surface area (Å²) in [4.78, 5) is 0. The third-order valence-electron chi connectivity index (χ3n) is 5.50. The molecule has 1 aliphatic heterocycles. The van der Waals surface area contributed by atoms with Gasteiger partial charge in [-0.25, -0.2) is 0 Å². The lowest BCUT2D eigenvalue weighted by Gasteiger charge is -2.23. The van der Waals surface area contributed by atoms with Crippen molar-refractivity contribution in [1.82, 2.24) is 0 Å². The molecule has 0 radical (unpaired) electrons. The van der Waals surface area contributed by atoms with Gasteiger partial charge in [0.15, 0.2) is 0 Å². The van der Waals surface area contributed by atoms with Crippen LogP contribution in [-0.2, 0) is 6.16 Å². The van der Waals surface area contributed by atoms with Crippen LogP contribution in [0.15, 0.2) is 36.4 Å². The molecule has 0 aromatic heterocycles. The Balaban J connectivity index is 1.99. The largest absolute Gasteiger partial charge is 0.117 e. The molecule has 1 heterocycles. The molecule has 3 aliphatic rings. The Morgan fingerprint density at radius 1 is 0.870 bits per heavy atom. The van der Waals surface area contributed by atoms with Crippen molar-refractivity contribution in [3.63, 3.8) is 0 Å². The number of fused-ring (bicyclic) bond motifs is 6. The number of hydrogen-bond acceptors (Lipinski definition) is 0. The summed E-state index contributed by atoms with van der Waals surface area (Å²) in [5.74, 6) is 0.714. The van der Waals surface area contributed by atoms with E-state index in [0.717, 1.165) is 8.58 Å². The van der Waals surface area contributed by atoms with Crippen LogP contribution in [0.2, 0.25) is 0 Å². The van der Waals surface area contributed by atoms with Crippen LogP contribution in [0.25, 0.3) is 23.8 Å². The predicted molar refractivity (Wildman–Crippen MR) is 102 cm³/mol. The summed E-state index contributed by atoms with van der Waals surface area (Å²) < 4.78 is 0. The smallest absolute Gasteiger partial charge is 0.00776 e. The fraction of sp³-hybridized carbons (Fsp3) is 0.273. The Hall–Kier alpha value is -1.65. The molecule has 2 aliphatic carbocycles. The second-order valence-electron chi connectivity index (χ2n) is 6.86. The van der Waals surface area contributed by atoms with Crippen LogP contribution in [0.4, 0.5) is 0 Å². The zero-order chi connectivity index (χ0) is 15.2. The van der Waals surface area contributed by atoms with E-state index in [-0.39, 0.29) is 0 Å². The molecule has 0 saturated heterocycles. The molecule has 0 bridgehead atoms. The molecule has 2 atom stereocenters. The molecular weight excluding hydrogens is 295 g/mol. The summed E-state index contributed by atoms with van der Waals surface area (Å²) in [6.07, 6.45) is 13.6. The molecule has 0 fully saturated rings. The Kier molecular flexibility index (Phi) is 3.27. The zero-order valence-electron chi connectivity index (χ0n) is 13.3. The molecule has 0 amide bonds. The topological polar surface area (TPSA) is 0 Å². The third-order valence-corrected chi connectivity index (χ3v) is 6.91. The van der Waals surface area contributed by atoms with Gasteiger partial charge in [0.25, 0.3) is 0 Å². The monoisotopic (exact) mass is 316 g/mol. The van der Waals surface area contributed by atoms with E-state index >= 15 is 0 Å². The van der Waals surface area contributed by atoms with E-state index in [4.69, 9.17) is 0 Å². The van der Waals surface area contributed by atoms with Crippen LogP contribution in [0, 0.1) is 5.92 Å². The molecular formula is C22H21P. The molecule has 2 unspecified atom stereocenters. The Morgan fingerprint density at radius 3 is 2.78 bits per heavy atom. The van der Waals surface area contributed by atoms with Crippen LogP contribution in [0.3, 0.4) is 0 Å². The maximum atomic E-state index is 2.49. The average molecular weight is 316 g/mol. The van der Waals surface area contributed by atoms with E-state index in [9.17, 15) is 0 Å². The quantitative estimate of drug-likeness (QED) is 0.654. The van der Waals surface area contributed by atoms with Gasteiger partial charge in [-0.2, -0.15) is 0 Å². The van der Waals surface area contributed by atoms with Crippen LogP contribution in [0.5, 0.6) is 0 Å². The average Bonchev–Trinajstić information content (AvgIpc) is 2.81. The van der Waals surface area contributed by atoms with Gasteiger partial charge in [-0.05, 0) is 75.1 Å². The first-order valence-electron chi connectivity index (χ1n) is 8.74. The summed E-state index contributed by atoms with van der Waals surface area (Å²) in [7, 11) is 1.06. The van der Waals surface area contributed by atoms with Crippen LogP contribution in [-0.4, -0.2) is 6.16 Å². The van der Waals surface area contributed by atoms with Crippen molar-refractivity contribution >= 4 is 32.4 Å². The Labute approximate surface area is 138 Å². The fourth-order valence-electron chi connectivity index (χ4n) is 4.44. The number of rotatable bonds is 0. The third kappa shape index (κ3) is 2.16. The normalized spacial score (nSPS) is 22.4. The lowest BCUT2D eigenvalue weighted by Crippen LogP contribution is -2.38. The highest BCUT2D eigenvalue weighted by atomic mass is 31.1. The van der Waals surface area contributed by atoms with Crippen LogP contribution in [0.1, 0.15) is 30.4 Å². The molecule has 5 rings (SSSR count). The van der Waals surface area contributed by atoms with Gasteiger partial charge >= 0.3 is 0 Å². The van der Waals surface area contributed by atoms with E-state index in [0.29, 0.717) is 5.92 Å². The van der Waals surface area contributed by atoms with E-state index < -0.39 is 0 Å². The molecule has 2 aromatic carbocycles. The van der Waals surface area contributed by atoms with Crippen molar-refractivity contribution in [3.05, 3.63) is 68.4 Å². The van der Waals surface area contributed by atoms with Gasteiger partial charge in [0.2, 0.25) is 0 Å². The summed E-state index contributed by atoms with van der Waals surface area (Å²) in [5.41, 5.74) is 4.82. The van der Waals surface area contributed by atoms with Crippen molar-refractivity contribution in [1.29, 1.82) is 0 Å². The number of benzene rings is 2. The fourth-order valence-corrected chi connectivity index (χ4v) is 5.87. The first-order chi connectivity index (χ1) is 11.4. The van der Waals surface area contributed by atoms with E-state index in [1.807, 2.05) is 0 Å². The van der Waals surface area contributed by atoms with E-state index in [2.05, 4.69) is 54.6 Å². The molecule has 0 saturated carbocycles. The summed E-state index contributed by atoms with van der Waals surface area (Å²) in [6, 6.07) is 13.8. The van der Waals surface area contributed by atoms with Gasteiger partial charge in [0, 0.05) is 0 Å². The zero-order valence-corrected chi connectivity index (χ0v) is 14.3. The molecule has 23 heavy (non-hydrogen) atoms. The van der Waals surface area contributed by atoms with Gasteiger partial charge < -0.3 is 0 Å². The maximum absolute atomic E-state index is 2.49. The van der Waals surface area contributed by atoms with Crippen LogP contribution >= 0.6 is 8.58 Å². The van der Waals surface area contributed by atoms with Gasteiger partial charge in [0.05, 0.1) is 0 Å². The van der Waals surface area contributed by atoms with Gasteiger partial charge in [-0.3, -0.25) is 0 Å². The van der Waals surface area contributed by atoms with Gasteiger partial charge in [-0.15, -0.1) is 8.58 Å². The molecule has 0 spiro atoms. The minimum Gasteiger partial charge on any atom is -0.117 e. The van der Waals surface area contributed by atoms with Crippen molar-refractivity contribution in [2.45, 2.75) is 25.4 Å². The lowest BCUT2D eigenvalue weighted by molar-refractivity contribution is 0.786. The minimum absolute atomic E-state index is 0.714. The predicted octanol–water partition coefficient (Wildman–Crippen LogP) is 2.23. The molecule has 2 aromatic rings. The van der Waals surface area contributed by atoms with Gasteiger partial charge in [-0.1, -0.05) is 54.6 Å². The highest BCUT2D eigenvalue weighted by Gasteiger charge is 2.25. The second-order valence-corrected chi connectivity index (χ2v) is 8.12. The van der Waals surface area contributed by atoms with Crippen molar-refractivity contribution < 1.29 is 0 Å². The lowest BCUT2D eigenvalue weighted by atomic mass is 9.82. The summed E-state index contributed by atoms with van der Waals surface area (Å²) in [6.45, 7) is 0. The van der Waals surface area contributed by atoms with Crippen molar-refractivity contribution in [3.8, 4) is 0 Å². The SMILES string of the molecule is C1=c2ccccc2=C2c3c(ccc4c3=CCCC=4)CPCC2C1. The molecule has 0 nitrogen and oxygen atoms in total. The molecule has 114 valence electrons. The Bertz CT molecular complexity index is 1030. The summed E-state index contributed by atoms with van der Waals surface area (Å²) >= 11 is 0. The highest BCUT2D eigenvalue weighted by molar-refractivity contribution is 7.37.